The monoisotopic (exact) mass is 1170 g/mol. The van der Waals surface area contributed by atoms with Crippen molar-refractivity contribution < 1.29 is 95.0 Å². The molecule has 1 fully saturated rings. The molecule has 1 aliphatic rings. The van der Waals surface area contributed by atoms with E-state index in [1.165, 1.54) is 12.1 Å². The standard InChI is InChI=1S/C36H42O10.C29H26O10/c1-3-34(37)43-23-7-6-22-42-30-12-14-31(15-13-30)44-27-45-32-16-18-33(19-17-32)46-35(38)28-8-10-29(11-9-28)41-21-5-4-20-39-24-36(2)25-40-26-36;1-4-27(30)37-18-34-22-8-6-21(7-9-22)29(32)39-25-14-15-26(20(3)16-25)36-17-33-23-10-12-24(13-11-23)35-19-38-28(31)5-2/h3,8-19H,1,4-7,20-27H2,2H3;4-16H,1-2,17-19H2,3H3. The third-order valence-electron chi connectivity index (χ3n) is 11.8. The summed E-state index contributed by atoms with van der Waals surface area (Å²) in [5.41, 5.74) is 1.64. The highest BCUT2D eigenvalue weighted by molar-refractivity contribution is 5.92. The van der Waals surface area contributed by atoms with Gasteiger partial charge >= 0.3 is 29.8 Å². The van der Waals surface area contributed by atoms with E-state index in [0.717, 1.165) is 62.9 Å². The number of aryl methyl sites for hydroxylation is 1. The van der Waals surface area contributed by atoms with Gasteiger partial charge in [0.05, 0.1) is 50.8 Å². The van der Waals surface area contributed by atoms with Crippen LogP contribution in [-0.4, -0.2) is 103 Å². The fourth-order valence-electron chi connectivity index (χ4n) is 7.15. The lowest BCUT2D eigenvalue weighted by Crippen LogP contribution is -2.43. The van der Waals surface area contributed by atoms with Crippen LogP contribution in [0.1, 0.15) is 58.9 Å². The Morgan fingerprint density at radius 2 is 0.776 bits per heavy atom. The highest BCUT2D eigenvalue weighted by atomic mass is 16.7. The van der Waals surface area contributed by atoms with Crippen molar-refractivity contribution >= 4 is 29.8 Å². The first-order valence-corrected chi connectivity index (χ1v) is 26.9. The van der Waals surface area contributed by atoms with Crippen molar-refractivity contribution in [2.45, 2.75) is 39.5 Å². The van der Waals surface area contributed by atoms with Gasteiger partial charge in [-0.15, -0.1) is 0 Å². The molecule has 6 aromatic rings. The number of carbonyl (C=O) groups is 5. The van der Waals surface area contributed by atoms with E-state index in [4.69, 9.17) is 71.1 Å². The third kappa shape index (κ3) is 23.9. The maximum atomic E-state index is 12.6. The van der Waals surface area contributed by atoms with Crippen molar-refractivity contribution in [3.8, 4) is 57.5 Å². The fourth-order valence-corrected chi connectivity index (χ4v) is 7.15. The minimum atomic E-state index is -0.599. The first-order chi connectivity index (χ1) is 41.3. The molecular formula is C65H68O20. The van der Waals surface area contributed by atoms with Crippen LogP contribution in [0.3, 0.4) is 0 Å². The van der Waals surface area contributed by atoms with Crippen LogP contribution in [0.2, 0.25) is 0 Å². The molecule has 7 rings (SSSR count). The second-order valence-corrected chi connectivity index (χ2v) is 18.7. The topological polar surface area (TPSA) is 224 Å². The summed E-state index contributed by atoms with van der Waals surface area (Å²) < 4.78 is 80.9. The number of ether oxygens (including phenoxy) is 15. The Kier molecular flexibility index (Phi) is 26.7. The molecule has 0 aromatic heterocycles. The maximum absolute atomic E-state index is 12.6. The van der Waals surface area contributed by atoms with Crippen LogP contribution in [0.15, 0.2) is 177 Å². The molecule has 448 valence electrons. The second-order valence-electron chi connectivity index (χ2n) is 18.7. The zero-order chi connectivity index (χ0) is 60.5. The van der Waals surface area contributed by atoms with Crippen LogP contribution in [0.5, 0.6) is 57.5 Å². The SMILES string of the molecule is C=CC(=O)OCCCCOc1ccc(OCOc2ccc(OC(=O)c3ccc(OCCCCOCC4(C)COC4)cc3)cc2)cc1.C=CC(=O)OCOc1ccc(OCOc2ccc(OC(=O)c3ccc(OCOC(=O)C=C)cc3)cc2C)cc1. The zero-order valence-corrected chi connectivity index (χ0v) is 47.4. The van der Waals surface area contributed by atoms with Gasteiger partial charge in [0.1, 0.15) is 57.5 Å². The number of rotatable bonds is 35. The van der Waals surface area contributed by atoms with Gasteiger partial charge in [0.25, 0.3) is 0 Å². The van der Waals surface area contributed by atoms with Gasteiger partial charge in [-0.25, -0.2) is 24.0 Å². The van der Waals surface area contributed by atoms with Crippen molar-refractivity contribution in [3.05, 3.63) is 194 Å². The summed E-state index contributed by atoms with van der Waals surface area (Å²) in [4.78, 5) is 58.1. The molecule has 0 spiro atoms. The zero-order valence-electron chi connectivity index (χ0n) is 47.4. The summed E-state index contributed by atoms with van der Waals surface area (Å²) in [5.74, 6) is 2.74. The predicted molar refractivity (Wildman–Crippen MR) is 309 cm³/mol. The van der Waals surface area contributed by atoms with E-state index < -0.39 is 29.8 Å². The predicted octanol–water partition coefficient (Wildman–Crippen LogP) is 11.2. The quantitative estimate of drug-likeness (QED) is 0.00900. The normalized spacial score (nSPS) is 11.7. The molecule has 0 saturated carbocycles. The van der Waals surface area contributed by atoms with Crippen molar-refractivity contribution in [1.82, 2.24) is 0 Å². The van der Waals surface area contributed by atoms with Crippen LogP contribution in [0.4, 0.5) is 0 Å². The minimum Gasteiger partial charge on any atom is -0.494 e. The molecule has 0 unspecified atom stereocenters. The Morgan fingerprint density at radius 3 is 1.20 bits per heavy atom. The third-order valence-corrected chi connectivity index (χ3v) is 11.8. The average Bonchev–Trinajstić information content (AvgIpc) is 3.68. The summed E-state index contributed by atoms with van der Waals surface area (Å²) >= 11 is 0. The number of hydrogen-bond acceptors (Lipinski definition) is 20. The highest BCUT2D eigenvalue weighted by Gasteiger charge is 2.33. The van der Waals surface area contributed by atoms with E-state index in [2.05, 4.69) is 26.7 Å². The molecule has 0 bridgehead atoms. The molecule has 1 heterocycles. The molecule has 0 N–H and O–H groups in total. The van der Waals surface area contributed by atoms with Crippen molar-refractivity contribution in [1.29, 1.82) is 0 Å². The summed E-state index contributed by atoms with van der Waals surface area (Å²) in [5, 5.41) is 0. The maximum Gasteiger partial charge on any atom is 0.343 e. The van der Waals surface area contributed by atoms with Gasteiger partial charge in [-0.3, -0.25) is 0 Å². The minimum absolute atomic E-state index is 0.000284. The van der Waals surface area contributed by atoms with Crippen molar-refractivity contribution in [2.24, 2.45) is 5.41 Å². The Morgan fingerprint density at radius 1 is 0.424 bits per heavy atom. The molecule has 0 radical (unpaired) electrons. The summed E-state index contributed by atoms with van der Waals surface area (Å²) in [6.45, 7) is 17.8. The van der Waals surface area contributed by atoms with Crippen molar-refractivity contribution in [3.63, 3.8) is 0 Å². The van der Waals surface area contributed by atoms with E-state index >= 15 is 0 Å². The fraction of sp³-hybridized carbons (Fsp3) is 0.277. The highest BCUT2D eigenvalue weighted by Crippen LogP contribution is 2.28. The van der Waals surface area contributed by atoms with E-state index in [9.17, 15) is 24.0 Å². The molecule has 1 aliphatic heterocycles. The lowest BCUT2D eigenvalue weighted by Gasteiger charge is -2.37. The average molecular weight is 1170 g/mol. The van der Waals surface area contributed by atoms with E-state index in [-0.39, 0.29) is 32.6 Å². The van der Waals surface area contributed by atoms with E-state index in [1.54, 1.807) is 115 Å². The van der Waals surface area contributed by atoms with Gasteiger partial charge in [-0.2, -0.15) is 0 Å². The Balaban J connectivity index is 0.000000276. The van der Waals surface area contributed by atoms with Crippen LogP contribution < -0.4 is 47.4 Å². The number of benzene rings is 6. The van der Waals surface area contributed by atoms with Crippen LogP contribution in [0.25, 0.3) is 0 Å². The molecule has 6 aromatic carbocycles. The lowest BCUT2D eigenvalue weighted by molar-refractivity contribution is -0.145. The van der Waals surface area contributed by atoms with Crippen LogP contribution in [-0.2, 0) is 38.1 Å². The van der Waals surface area contributed by atoms with Crippen LogP contribution >= 0.6 is 0 Å². The largest absolute Gasteiger partial charge is 0.494 e. The lowest BCUT2D eigenvalue weighted by atomic mass is 9.90. The van der Waals surface area contributed by atoms with Gasteiger partial charge in [0.15, 0.2) is 0 Å². The molecule has 85 heavy (non-hydrogen) atoms. The van der Waals surface area contributed by atoms with Crippen molar-refractivity contribution in [2.75, 3.05) is 73.4 Å². The molecule has 1 saturated heterocycles. The molecule has 0 atom stereocenters. The smallest absolute Gasteiger partial charge is 0.343 e. The molecule has 20 nitrogen and oxygen atoms in total. The number of hydrogen-bond donors (Lipinski definition) is 0. The van der Waals surface area contributed by atoms with E-state index in [1.807, 2.05) is 19.1 Å². The molecular weight excluding hydrogens is 1100 g/mol. The molecule has 0 amide bonds. The summed E-state index contributed by atoms with van der Waals surface area (Å²) in [7, 11) is 0. The number of esters is 5. The second kappa shape index (κ2) is 35.3. The van der Waals surface area contributed by atoms with Gasteiger partial charge in [-0.05, 0) is 178 Å². The molecule has 20 heteroatoms. The Labute approximate surface area is 493 Å². The summed E-state index contributed by atoms with van der Waals surface area (Å²) in [6.07, 6.45) is 6.49. The van der Waals surface area contributed by atoms with Gasteiger partial charge in [0.2, 0.25) is 27.2 Å². The Bertz CT molecular complexity index is 3060. The van der Waals surface area contributed by atoms with Gasteiger partial charge < -0.3 is 71.1 Å². The van der Waals surface area contributed by atoms with E-state index in [0.29, 0.717) is 101 Å². The van der Waals surface area contributed by atoms with Gasteiger partial charge in [-0.1, -0.05) is 26.7 Å². The van der Waals surface area contributed by atoms with Crippen LogP contribution in [0, 0.1) is 12.3 Å². The molecule has 0 aliphatic carbocycles. The van der Waals surface area contributed by atoms with Gasteiger partial charge in [0, 0.05) is 30.2 Å². The summed E-state index contributed by atoms with van der Waals surface area (Å²) in [6, 6.07) is 38.6. The Hall–Kier alpha value is -9.79. The first-order valence-electron chi connectivity index (χ1n) is 26.9. The number of unbranched alkanes of at least 4 members (excludes halogenated alkanes) is 2. The number of carbonyl (C=O) groups excluding carboxylic acids is 5. The first kappa shape index (κ1) is 64.4.